The second kappa shape index (κ2) is 3.89. The number of aldehydes is 1. The summed E-state index contributed by atoms with van der Waals surface area (Å²) in [5.74, 6) is -0.953. The van der Waals surface area contributed by atoms with E-state index in [0.29, 0.717) is 11.1 Å². The van der Waals surface area contributed by atoms with Gasteiger partial charge >= 0.3 is 0 Å². The van der Waals surface area contributed by atoms with E-state index in [4.69, 9.17) is 0 Å². The number of hydrogen-bond donors (Lipinski definition) is 0. The number of fused-ring (bicyclic) bond motifs is 1. The molecule has 1 aliphatic rings. The Morgan fingerprint density at radius 1 is 1.19 bits per heavy atom. The topological polar surface area (TPSA) is 54.5 Å². The van der Waals surface area contributed by atoms with Gasteiger partial charge < -0.3 is 4.79 Å². The third-order valence-corrected chi connectivity index (χ3v) is 2.58. The smallest absolute Gasteiger partial charge is 0.261 e. The van der Waals surface area contributed by atoms with Crippen molar-refractivity contribution in [2.45, 2.75) is 6.92 Å². The van der Waals surface area contributed by atoms with E-state index in [1.165, 1.54) is 0 Å². The van der Waals surface area contributed by atoms with Crippen molar-refractivity contribution in [2.75, 3.05) is 6.54 Å². The second-order valence-electron chi connectivity index (χ2n) is 3.88. The standard InChI is InChI=1S/C12H11NO3/c1-8(7-14)6-13-11(15)9-4-2-3-5-10(9)12(13)16/h2-5,7-8H,6H2,1H3. The fourth-order valence-corrected chi connectivity index (χ4v) is 1.74. The summed E-state index contributed by atoms with van der Waals surface area (Å²) in [4.78, 5) is 35.4. The number of benzene rings is 1. The number of carbonyl (C=O) groups excluding carboxylic acids is 3. The highest BCUT2D eigenvalue weighted by molar-refractivity contribution is 6.21. The quantitative estimate of drug-likeness (QED) is 0.563. The molecule has 0 saturated heterocycles. The van der Waals surface area contributed by atoms with Crippen LogP contribution in [0.2, 0.25) is 0 Å². The zero-order valence-electron chi connectivity index (χ0n) is 8.84. The average molecular weight is 217 g/mol. The Kier molecular flexibility index (Phi) is 2.56. The van der Waals surface area contributed by atoms with Crippen LogP contribution in [0.1, 0.15) is 27.6 Å². The second-order valence-corrected chi connectivity index (χ2v) is 3.88. The van der Waals surface area contributed by atoms with Crippen LogP contribution in [0.4, 0.5) is 0 Å². The molecule has 0 fully saturated rings. The van der Waals surface area contributed by atoms with Gasteiger partial charge in [0.2, 0.25) is 0 Å². The molecule has 0 bridgehead atoms. The van der Waals surface area contributed by atoms with Crippen LogP contribution >= 0.6 is 0 Å². The lowest BCUT2D eigenvalue weighted by atomic mass is 10.1. The van der Waals surface area contributed by atoms with E-state index in [-0.39, 0.29) is 24.3 Å². The molecule has 1 aromatic carbocycles. The van der Waals surface area contributed by atoms with Crippen molar-refractivity contribution in [3.8, 4) is 0 Å². The summed E-state index contributed by atoms with van der Waals surface area (Å²) in [6.07, 6.45) is 0.740. The minimum atomic E-state index is -0.331. The highest BCUT2D eigenvalue weighted by Gasteiger charge is 2.35. The Balaban J connectivity index is 2.31. The molecule has 4 nitrogen and oxygen atoms in total. The molecule has 0 N–H and O–H groups in total. The summed E-state index contributed by atoms with van der Waals surface area (Å²) in [7, 11) is 0. The van der Waals surface area contributed by atoms with Gasteiger partial charge in [0.05, 0.1) is 11.1 Å². The number of nitrogens with zero attached hydrogens (tertiary/aromatic N) is 1. The summed E-state index contributed by atoms with van der Waals surface area (Å²) in [5, 5.41) is 0. The molecule has 2 amide bonds. The normalized spacial score (nSPS) is 16.2. The molecular formula is C12H11NO3. The zero-order chi connectivity index (χ0) is 11.7. The molecule has 4 heteroatoms. The Morgan fingerprint density at radius 2 is 1.69 bits per heavy atom. The predicted octanol–water partition coefficient (Wildman–Crippen LogP) is 1.12. The maximum atomic E-state index is 11.8. The highest BCUT2D eigenvalue weighted by Crippen LogP contribution is 2.22. The summed E-state index contributed by atoms with van der Waals surface area (Å²) < 4.78 is 0. The monoisotopic (exact) mass is 217 g/mol. The number of rotatable bonds is 3. The maximum Gasteiger partial charge on any atom is 0.261 e. The van der Waals surface area contributed by atoms with Gasteiger partial charge in [0.25, 0.3) is 11.8 Å². The summed E-state index contributed by atoms with van der Waals surface area (Å²) in [5.41, 5.74) is 0.844. The van der Waals surface area contributed by atoms with Crippen LogP contribution in [-0.4, -0.2) is 29.5 Å². The van der Waals surface area contributed by atoms with E-state index in [9.17, 15) is 14.4 Å². The van der Waals surface area contributed by atoms with Gasteiger partial charge in [-0.2, -0.15) is 0 Å². The van der Waals surface area contributed by atoms with E-state index in [0.717, 1.165) is 11.2 Å². The van der Waals surface area contributed by atoms with E-state index in [2.05, 4.69) is 0 Å². The average Bonchev–Trinajstić information content (AvgIpc) is 2.55. The lowest BCUT2D eigenvalue weighted by Crippen LogP contribution is -2.34. The third-order valence-electron chi connectivity index (χ3n) is 2.58. The first kappa shape index (κ1) is 10.5. The van der Waals surface area contributed by atoms with Crippen LogP contribution in [0.5, 0.6) is 0 Å². The number of amides is 2. The molecule has 1 aliphatic heterocycles. The van der Waals surface area contributed by atoms with E-state index >= 15 is 0 Å². The highest BCUT2D eigenvalue weighted by atomic mass is 16.2. The minimum Gasteiger partial charge on any atom is -0.303 e. The molecule has 82 valence electrons. The first-order valence-electron chi connectivity index (χ1n) is 5.05. The maximum absolute atomic E-state index is 11.8. The van der Waals surface area contributed by atoms with E-state index < -0.39 is 0 Å². The fraction of sp³-hybridized carbons (Fsp3) is 0.250. The Bertz CT molecular complexity index is 432. The van der Waals surface area contributed by atoms with E-state index in [1.807, 2.05) is 0 Å². The van der Waals surface area contributed by atoms with Gasteiger partial charge in [-0.1, -0.05) is 19.1 Å². The van der Waals surface area contributed by atoms with Crippen molar-refractivity contribution >= 4 is 18.1 Å². The molecule has 1 heterocycles. The Hall–Kier alpha value is -1.97. The van der Waals surface area contributed by atoms with Crippen molar-refractivity contribution in [1.82, 2.24) is 4.90 Å². The van der Waals surface area contributed by atoms with E-state index in [1.54, 1.807) is 31.2 Å². The number of carbonyl (C=O) groups is 3. The van der Waals surface area contributed by atoms with Crippen LogP contribution in [0.15, 0.2) is 24.3 Å². The van der Waals surface area contributed by atoms with Crippen LogP contribution in [0.25, 0.3) is 0 Å². The molecule has 0 spiro atoms. The van der Waals surface area contributed by atoms with Crippen LogP contribution < -0.4 is 0 Å². The largest absolute Gasteiger partial charge is 0.303 e. The molecular weight excluding hydrogens is 206 g/mol. The molecule has 1 unspecified atom stereocenters. The third kappa shape index (κ3) is 1.52. The molecule has 16 heavy (non-hydrogen) atoms. The van der Waals surface area contributed by atoms with Gasteiger partial charge in [-0.3, -0.25) is 14.5 Å². The summed E-state index contributed by atoms with van der Waals surface area (Å²) in [6, 6.07) is 6.69. The van der Waals surface area contributed by atoms with Crippen molar-refractivity contribution in [2.24, 2.45) is 5.92 Å². The summed E-state index contributed by atoms with van der Waals surface area (Å²) >= 11 is 0. The lowest BCUT2D eigenvalue weighted by molar-refractivity contribution is -0.110. The Morgan fingerprint density at radius 3 is 2.12 bits per heavy atom. The number of imide groups is 1. The van der Waals surface area contributed by atoms with Gasteiger partial charge in [0.1, 0.15) is 6.29 Å². The SMILES string of the molecule is CC(C=O)CN1C(=O)c2ccccc2C1=O. The molecule has 1 atom stereocenters. The first-order chi connectivity index (χ1) is 7.65. The lowest BCUT2D eigenvalue weighted by Gasteiger charge is -2.15. The fourth-order valence-electron chi connectivity index (χ4n) is 1.74. The zero-order valence-corrected chi connectivity index (χ0v) is 8.84. The molecule has 0 aromatic heterocycles. The van der Waals surface area contributed by atoms with Gasteiger partial charge in [0, 0.05) is 12.5 Å². The minimum absolute atomic E-state index is 0.149. The van der Waals surface area contributed by atoms with Crippen LogP contribution in [0, 0.1) is 5.92 Å². The Labute approximate surface area is 92.9 Å². The summed E-state index contributed by atoms with van der Waals surface area (Å²) in [6.45, 7) is 1.83. The molecule has 2 rings (SSSR count). The molecule has 0 radical (unpaired) electrons. The van der Waals surface area contributed by atoms with Gasteiger partial charge in [0.15, 0.2) is 0 Å². The van der Waals surface area contributed by atoms with Crippen molar-refractivity contribution in [3.63, 3.8) is 0 Å². The van der Waals surface area contributed by atoms with Gasteiger partial charge in [-0.15, -0.1) is 0 Å². The van der Waals surface area contributed by atoms with Crippen molar-refractivity contribution in [3.05, 3.63) is 35.4 Å². The molecule has 0 aliphatic carbocycles. The van der Waals surface area contributed by atoms with Gasteiger partial charge in [-0.25, -0.2) is 0 Å². The van der Waals surface area contributed by atoms with Gasteiger partial charge in [-0.05, 0) is 12.1 Å². The van der Waals surface area contributed by atoms with Crippen LogP contribution in [-0.2, 0) is 4.79 Å². The van der Waals surface area contributed by atoms with Crippen LogP contribution in [0.3, 0.4) is 0 Å². The van der Waals surface area contributed by atoms with Crippen molar-refractivity contribution < 1.29 is 14.4 Å². The molecule has 0 saturated carbocycles. The number of hydrogen-bond acceptors (Lipinski definition) is 3. The molecule has 1 aromatic rings. The van der Waals surface area contributed by atoms with Crippen molar-refractivity contribution in [1.29, 1.82) is 0 Å². The first-order valence-corrected chi connectivity index (χ1v) is 5.05. The predicted molar refractivity (Wildman–Crippen MR) is 57.0 cm³/mol.